The van der Waals surface area contributed by atoms with E-state index in [1.54, 1.807) is 12.1 Å². The zero-order valence-corrected chi connectivity index (χ0v) is 15.2. The largest absolute Gasteiger partial charge is 0.542 e. The van der Waals surface area contributed by atoms with E-state index in [1.165, 1.54) is 6.07 Å². The summed E-state index contributed by atoms with van der Waals surface area (Å²) in [5.74, 6) is -3.81. The van der Waals surface area contributed by atoms with Gasteiger partial charge in [0.2, 0.25) is 0 Å². The molecule has 0 aliphatic heterocycles. The van der Waals surface area contributed by atoms with Crippen LogP contribution in [0.2, 0.25) is 0 Å². The highest BCUT2D eigenvalue weighted by Crippen LogP contribution is 2.64. The number of benzene rings is 1. The molecule has 1 aromatic rings. The smallest absolute Gasteiger partial charge is 0.430 e. The van der Waals surface area contributed by atoms with Gasteiger partial charge in [-0.25, -0.2) is 9.38 Å². The summed E-state index contributed by atoms with van der Waals surface area (Å²) in [4.78, 5) is 23.2. The Morgan fingerprint density at radius 2 is 1.77 bits per heavy atom. The van der Waals surface area contributed by atoms with Crippen molar-refractivity contribution in [3.63, 3.8) is 0 Å². The highest BCUT2D eigenvalue weighted by molar-refractivity contribution is 9.10. The Hall–Kier alpha value is -2.17. The molecule has 0 aromatic heterocycles. The lowest BCUT2D eigenvalue weighted by Crippen LogP contribution is -2.82. The number of nitrogens with two attached hydrogens (primary N) is 2. The number of carbonyl (C=O) groups is 2. The minimum absolute atomic E-state index is 0.0312. The van der Waals surface area contributed by atoms with Crippen LogP contribution < -0.4 is 21.6 Å². The first-order valence-corrected chi connectivity index (χ1v) is 7.90. The zero-order chi connectivity index (χ0) is 20.4. The molecular formula is C15H16BrF4N3O3. The predicted molar refractivity (Wildman–Crippen MR) is 84.5 cm³/mol. The normalized spacial score (nSPS) is 20.4. The molecule has 0 heterocycles. The molecule has 0 radical (unpaired) electrons. The van der Waals surface area contributed by atoms with Crippen LogP contribution in [0.15, 0.2) is 22.7 Å². The number of carboxylic acids is 1. The lowest BCUT2D eigenvalue weighted by molar-refractivity contribution is -0.382. The Kier molecular flexibility index (Phi) is 6.40. The average molecular weight is 442 g/mol. The van der Waals surface area contributed by atoms with Crippen LogP contribution in [-0.2, 0) is 9.59 Å². The van der Waals surface area contributed by atoms with Gasteiger partial charge in [-0.1, -0.05) is 19.9 Å². The van der Waals surface area contributed by atoms with E-state index in [0.717, 1.165) is 5.56 Å². The molecular weight excluding hydrogens is 426 g/mol. The van der Waals surface area contributed by atoms with Crippen LogP contribution in [0.25, 0.3) is 0 Å². The van der Waals surface area contributed by atoms with E-state index in [-0.39, 0.29) is 34.9 Å². The molecule has 2 atom stereocenters. The third-order valence-electron chi connectivity index (χ3n) is 3.91. The van der Waals surface area contributed by atoms with Gasteiger partial charge in [0.15, 0.2) is 0 Å². The first kappa shape index (κ1) is 21.9. The summed E-state index contributed by atoms with van der Waals surface area (Å²) in [6.07, 6.45) is -5.19. The third-order valence-corrected chi connectivity index (χ3v) is 4.52. The van der Waals surface area contributed by atoms with Crippen LogP contribution in [0.1, 0.15) is 25.3 Å². The summed E-state index contributed by atoms with van der Waals surface area (Å²) >= 11 is 3.16. The number of hydrogen-bond donors (Lipinski definition) is 3. The second-order valence-electron chi connectivity index (χ2n) is 6.18. The number of halogens is 5. The van der Waals surface area contributed by atoms with E-state index in [9.17, 15) is 22.4 Å². The number of rotatable bonds is 2. The Labute approximate surface area is 154 Å². The molecule has 0 saturated heterocycles. The van der Waals surface area contributed by atoms with Gasteiger partial charge >= 0.3 is 12.1 Å². The summed E-state index contributed by atoms with van der Waals surface area (Å²) < 4.78 is 45.2. The van der Waals surface area contributed by atoms with Crippen molar-refractivity contribution in [1.82, 2.24) is 0 Å². The lowest BCUT2D eigenvalue weighted by Gasteiger charge is -2.03. The lowest BCUT2D eigenvalue weighted by atomic mass is 10.0. The van der Waals surface area contributed by atoms with Gasteiger partial charge in [0.05, 0.1) is 10.4 Å². The molecule has 5 N–H and O–H groups in total. The van der Waals surface area contributed by atoms with Crippen LogP contribution in [0.4, 0.5) is 17.6 Å². The van der Waals surface area contributed by atoms with Crippen molar-refractivity contribution in [1.29, 1.82) is 0 Å². The molecule has 26 heavy (non-hydrogen) atoms. The molecule has 1 fully saturated rings. The van der Waals surface area contributed by atoms with Gasteiger partial charge in [0.1, 0.15) is 11.8 Å². The van der Waals surface area contributed by atoms with Crippen molar-refractivity contribution < 1.29 is 37.2 Å². The van der Waals surface area contributed by atoms with Gasteiger partial charge in [0.25, 0.3) is 5.91 Å². The highest BCUT2D eigenvalue weighted by atomic mass is 79.9. The first-order chi connectivity index (χ1) is 11.7. The maximum atomic E-state index is 13.2. The van der Waals surface area contributed by atoms with E-state index >= 15 is 0 Å². The number of aliphatic carboxylic acids is 1. The predicted octanol–water partition coefficient (Wildman–Crippen LogP) is -0.493. The third kappa shape index (κ3) is 5.16. The molecule has 1 aliphatic carbocycles. The van der Waals surface area contributed by atoms with Crippen LogP contribution in [0.5, 0.6) is 0 Å². The van der Waals surface area contributed by atoms with Gasteiger partial charge in [-0.3, -0.25) is 16.3 Å². The summed E-state index contributed by atoms with van der Waals surface area (Å²) in [5, 5.41) is 8.78. The molecule has 11 heteroatoms. The fraction of sp³-hybridized carbons (Fsp3) is 0.400. The summed E-state index contributed by atoms with van der Waals surface area (Å²) in [5.41, 5.74) is 11.3. The second kappa shape index (κ2) is 7.60. The second-order valence-corrected chi connectivity index (χ2v) is 7.03. The zero-order valence-electron chi connectivity index (χ0n) is 13.7. The van der Waals surface area contributed by atoms with Crippen molar-refractivity contribution in [3.05, 3.63) is 34.1 Å². The van der Waals surface area contributed by atoms with Crippen LogP contribution >= 0.6 is 15.9 Å². The van der Waals surface area contributed by atoms with Crippen LogP contribution in [0, 0.1) is 17.2 Å². The van der Waals surface area contributed by atoms with Crippen LogP contribution in [0.3, 0.4) is 0 Å². The first-order valence-electron chi connectivity index (χ1n) is 7.11. The van der Waals surface area contributed by atoms with Crippen molar-refractivity contribution in [3.8, 4) is 0 Å². The van der Waals surface area contributed by atoms with Gasteiger partial charge in [-0.15, -0.1) is 0 Å². The molecule has 6 nitrogen and oxygen atoms in total. The number of carboxylic acid groups (broad SMARTS) is 1. The van der Waals surface area contributed by atoms with E-state index in [0.29, 0.717) is 4.47 Å². The molecule has 0 spiro atoms. The summed E-state index contributed by atoms with van der Waals surface area (Å²) in [7, 11) is 0. The topological polar surface area (TPSA) is 123 Å². The highest BCUT2D eigenvalue weighted by Gasteiger charge is 2.63. The van der Waals surface area contributed by atoms with Gasteiger partial charge in [-0.05, 0) is 39.0 Å². The number of amides is 1. The maximum absolute atomic E-state index is 13.2. The number of nitrogens with one attached hydrogen (secondary N) is 1. The van der Waals surface area contributed by atoms with Crippen molar-refractivity contribution >= 4 is 33.8 Å². The average Bonchev–Trinajstić information content (AvgIpc) is 3.03. The Morgan fingerprint density at radius 3 is 2.15 bits per heavy atom. The van der Waals surface area contributed by atoms with E-state index in [4.69, 9.17) is 21.4 Å². The maximum Gasteiger partial charge on any atom is 0.430 e. The Balaban J connectivity index is 0.000000412. The molecule has 1 amide bonds. The monoisotopic (exact) mass is 441 g/mol. The number of guanidine groups is 1. The summed E-state index contributed by atoms with van der Waals surface area (Å²) in [6, 6.07) is 4.81. The quantitative estimate of drug-likeness (QED) is 0.324. The van der Waals surface area contributed by atoms with Gasteiger partial charge in [-0.2, -0.15) is 13.2 Å². The van der Waals surface area contributed by atoms with Crippen molar-refractivity contribution in [2.45, 2.75) is 25.9 Å². The SMILES string of the molecule is CC1(C)[C@H](C(=O)[NH+]=C(N)N)[C@H]1c1ccc(F)c(Br)c1.O=C([O-])C(F)(F)F. The van der Waals surface area contributed by atoms with Crippen LogP contribution in [-0.4, -0.2) is 24.0 Å². The van der Waals surface area contributed by atoms with E-state index in [2.05, 4.69) is 20.9 Å². The summed E-state index contributed by atoms with van der Waals surface area (Å²) in [6.45, 7) is 3.98. The number of alkyl halides is 3. The molecule has 144 valence electrons. The molecule has 0 unspecified atom stereocenters. The van der Waals surface area contributed by atoms with Gasteiger partial charge < -0.3 is 9.90 Å². The van der Waals surface area contributed by atoms with Crippen molar-refractivity contribution in [2.24, 2.45) is 22.8 Å². The van der Waals surface area contributed by atoms with E-state index < -0.39 is 12.1 Å². The minimum Gasteiger partial charge on any atom is -0.542 e. The van der Waals surface area contributed by atoms with Gasteiger partial charge in [0, 0.05) is 5.92 Å². The fourth-order valence-electron chi connectivity index (χ4n) is 2.67. The fourth-order valence-corrected chi connectivity index (χ4v) is 3.07. The molecule has 1 aromatic carbocycles. The molecule has 0 bridgehead atoms. The minimum atomic E-state index is -5.19. The Bertz CT molecular complexity index is 746. The number of carbonyl (C=O) groups excluding carboxylic acids is 2. The van der Waals surface area contributed by atoms with E-state index in [1.807, 2.05) is 13.8 Å². The Morgan fingerprint density at radius 1 is 1.27 bits per heavy atom. The molecule has 2 rings (SSSR count). The molecule has 1 aliphatic rings. The standard InChI is InChI=1S/C13H15BrFN3O.C2HF3O2/c1-13(2)9(10(13)11(19)18-12(16)17)6-3-4-8(15)7(14)5-6;3-2(4,5)1(6)7/h3-5,9-10H,1-2H3,(H4,16,17,18,19);(H,6,7)/t9-,10+;/m1./s1. The molecule has 1 saturated carbocycles. The number of hydrogen-bond acceptors (Lipinski definition) is 3. The van der Waals surface area contributed by atoms with Crippen molar-refractivity contribution in [2.75, 3.05) is 0 Å².